The van der Waals surface area contributed by atoms with Gasteiger partial charge in [0, 0.05) is 6.08 Å². The van der Waals surface area contributed by atoms with Gasteiger partial charge in [-0.3, -0.25) is 0 Å². The molecule has 0 aliphatic carbocycles. The molecule has 0 saturated carbocycles. The molecule has 0 amide bonds. The van der Waals surface area contributed by atoms with E-state index in [1.165, 1.54) is 11.6 Å². The minimum Gasteiger partial charge on any atom is -0.423 e. The van der Waals surface area contributed by atoms with Crippen LogP contribution in [0.15, 0.2) is 72.8 Å². The zero-order valence-electron chi connectivity index (χ0n) is 14.8. The molecule has 0 spiro atoms. The van der Waals surface area contributed by atoms with E-state index in [-0.39, 0.29) is 11.4 Å². The molecule has 0 radical (unpaired) electrons. The van der Waals surface area contributed by atoms with Crippen molar-refractivity contribution < 1.29 is 9.53 Å². The Kier molecular flexibility index (Phi) is 4.71. The summed E-state index contributed by atoms with van der Waals surface area (Å²) in [7, 11) is 0. The number of rotatable bonds is 3. The van der Waals surface area contributed by atoms with E-state index >= 15 is 0 Å². The van der Waals surface area contributed by atoms with E-state index in [9.17, 15) is 4.79 Å². The van der Waals surface area contributed by atoms with Crippen molar-refractivity contribution in [3.63, 3.8) is 0 Å². The van der Waals surface area contributed by atoms with Crippen LogP contribution in [0.4, 0.5) is 0 Å². The first kappa shape index (κ1) is 17.0. The summed E-state index contributed by atoms with van der Waals surface area (Å²) in [6.45, 7) is 6.46. The molecule has 0 N–H and O–H groups in total. The Labute approximate surface area is 148 Å². The highest BCUT2D eigenvalue weighted by atomic mass is 16.5. The van der Waals surface area contributed by atoms with E-state index < -0.39 is 0 Å². The topological polar surface area (TPSA) is 26.3 Å². The molecule has 0 bridgehead atoms. The average Bonchev–Trinajstić information content (AvgIpc) is 2.59. The minimum absolute atomic E-state index is 0.0802. The molecule has 3 rings (SSSR count). The maximum atomic E-state index is 12.1. The number of carbonyl (C=O) groups excluding carboxylic acids is 1. The lowest BCUT2D eigenvalue weighted by Crippen LogP contribution is -2.11. The fourth-order valence-corrected chi connectivity index (χ4v) is 2.73. The number of benzene rings is 3. The van der Waals surface area contributed by atoms with Gasteiger partial charge < -0.3 is 4.74 Å². The van der Waals surface area contributed by atoms with Gasteiger partial charge in [0.15, 0.2) is 0 Å². The SMILES string of the molecule is CC(C)(C)c1ccc(OC(=O)C=Cc2cccc3ccccc23)cc1. The van der Waals surface area contributed by atoms with E-state index in [1.54, 1.807) is 6.08 Å². The van der Waals surface area contributed by atoms with Gasteiger partial charge in [0.2, 0.25) is 0 Å². The molecule has 2 nitrogen and oxygen atoms in total. The maximum Gasteiger partial charge on any atom is 0.336 e. The maximum absolute atomic E-state index is 12.1. The summed E-state index contributed by atoms with van der Waals surface area (Å²) in [6.07, 6.45) is 3.27. The standard InChI is InChI=1S/C23H22O2/c1-23(2,3)19-12-14-20(15-13-19)25-22(24)16-11-18-9-6-8-17-7-4-5-10-21(17)18/h4-16H,1-3H3. The van der Waals surface area contributed by atoms with E-state index in [1.807, 2.05) is 54.6 Å². The summed E-state index contributed by atoms with van der Waals surface area (Å²) in [5, 5.41) is 2.26. The lowest BCUT2D eigenvalue weighted by atomic mass is 9.87. The molecule has 3 aromatic rings. The fourth-order valence-electron chi connectivity index (χ4n) is 2.73. The molecule has 0 aliphatic heterocycles. The Hall–Kier alpha value is -2.87. The van der Waals surface area contributed by atoms with Crippen molar-refractivity contribution in [2.45, 2.75) is 26.2 Å². The molecule has 0 aliphatic rings. The molecule has 0 fully saturated rings. The number of fused-ring (bicyclic) bond motifs is 1. The predicted octanol–water partition coefficient (Wildman–Crippen LogP) is 5.76. The Morgan fingerprint density at radius 1 is 0.880 bits per heavy atom. The Morgan fingerprint density at radius 2 is 1.56 bits per heavy atom. The van der Waals surface area contributed by atoms with Crippen molar-refractivity contribution >= 4 is 22.8 Å². The van der Waals surface area contributed by atoms with E-state index in [0.717, 1.165) is 16.3 Å². The van der Waals surface area contributed by atoms with Crippen LogP contribution in [0, 0.1) is 0 Å². The van der Waals surface area contributed by atoms with Gasteiger partial charge in [-0.05, 0) is 45.5 Å². The van der Waals surface area contributed by atoms with Gasteiger partial charge in [0.1, 0.15) is 5.75 Å². The van der Waals surface area contributed by atoms with Crippen LogP contribution in [0.25, 0.3) is 16.8 Å². The molecule has 0 heterocycles. The largest absolute Gasteiger partial charge is 0.423 e. The molecule has 0 unspecified atom stereocenters. The number of hydrogen-bond donors (Lipinski definition) is 0. The molecule has 2 heteroatoms. The average molecular weight is 330 g/mol. The predicted molar refractivity (Wildman–Crippen MR) is 104 cm³/mol. The Morgan fingerprint density at radius 3 is 2.28 bits per heavy atom. The van der Waals surface area contributed by atoms with Crippen molar-refractivity contribution in [2.24, 2.45) is 0 Å². The van der Waals surface area contributed by atoms with Gasteiger partial charge in [0.05, 0.1) is 0 Å². The van der Waals surface area contributed by atoms with Crippen LogP contribution in [0.5, 0.6) is 5.75 Å². The summed E-state index contributed by atoms with van der Waals surface area (Å²) < 4.78 is 5.39. The van der Waals surface area contributed by atoms with Gasteiger partial charge in [-0.15, -0.1) is 0 Å². The van der Waals surface area contributed by atoms with Crippen LogP contribution in [0.1, 0.15) is 31.9 Å². The monoisotopic (exact) mass is 330 g/mol. The Bertz CT molecular complexity index is 907. The van der Waals surface area contributed by atoms with Crippen LogP contribution in [-0.4, -0.2) is 5.97 Å². The van der Waals surface area contributed by atoms with Crippen molar-refractivity contribution in [1.82, 2.24) is 0 Å². The van der Waals surface area contributed by atoms with Gasteiger partial charge in [-0.25, -0.2) is 4.79 Å². The number of hydrogen-bond acceptors (Lipinski definition) is 2. The molecule has 0 atom stereocenters. The lowest BCUT2D eigenvalue weighted by Gasteiger charge is -2.18. The summed E-state index contributed by atoms with van der Waals surface area (Å²) in [5.74, 6) is 0.178. The third kappa shape index (κ3) is 4.16. The van der Waals surface area contributed by atoms with E-state index in [2.05, 4.69) is 32.9 Å². The van der Waals surface area contributed by atoms with Gasteiger partial charge >= 0.3 is 5.97 Å². The first-order valence-electron chi connectivity index (χ1n) is 8.42. The second kappa shape index (κ2) is 6.94. The molecule has 0 aromatic heterocycles. The van der Waals surface area contributed by atoms with Crippen molar-refractivity contribution in [3.8, 4) is 5.75 Å². The normalized spacial score (nSPS) is 11.8. The van der Waals surface area contributed by atoms with Gasteiger partial charge in [-0.2, -0.15) is 0 Å². The van der Waals surface area contributed by atoms with E-state index in [4.69, 9.17) is 4.74 Å². The third-order valence-corrected chi connectivity index (χ3v) is 4.16. The number of ether oxygens (including phenoxy) is 1. The van der Waals surface area contributed by atoms with E-state index in [0.29, 0.717) is 5.75 Å². The van der Waals surface area contributed by atoms with Crippen molar-refractivity contribution in [1.29, 1.82) is 0 Å². The molecule has 25 heavy (non-hydrogen) atoms. The fraction of sp³-hybridized carbons (Fsp3) is 0.174. The van der Waals surface area contributed by atoms with Gasteiger partial charge in [0.25, 0.3) is 0 Å². The first-order chi connectivity index (χ1) is 11.9. The van der Waals surface area contributed by atoms with Crippen molar-refractivity contribution in [3.05, 3.63) is 83.9 Å². The third-order valence-electron chi connectivity index (χ3n) is 4.16. The summed E-state index contributed by atoms with van der Waals surface area (Å²) in [6, 6.07) is 21.8. The molecule has 0 saturated heterocycles. The number of esters is 1. The second-order valence-electron chi connectivity index (χ2n) is 7.10. The quantitative estimate of drug-likeness (QED) is 0.347. The number of carbonyl (C=O) groups is 1. The molecular formula is C23H22O2. The van der Waals surface area contributed by atoms with Crippen molar-refractivity contribution in [2.75, 3.05) is 0 Å². The van der Waals surface area contributed by atoms with Crippen LogP contribution in [0.2, 0.25) is 0 Å². The summed E-state index contributed by atoms with van der Waals surface area (Å²) >= 11 is 0. The summed E-state index contributed by atoms with van der Waals surface area (Å²) in [4.78, 5) is 12.1. The lowest BCUT2D eigenvalue weighted by molar-refractivity contribution is -0.128. The van der Waals surface area contributed by atoms with Crippen LogP contribution in [-0.2, 0) is 10.2 Å². The van der Waals surface area contributed by atoms with Crippen LogP contribution >= 0.6 is 0 Å². The Balaban J connectivity index is 1.73. The molecule has 3 aromatic carbocycles. The van der Waals surface area contributed by atoms with Gasteiger partial charge in [-0.1, -0.05) is 75.4 Å². The molecular weight excluding hydrogens is 308 g/mol. The first-order valence-corrected chi connectivity index (χ1v) is 8.42. The summed E-state index contributed by atoms with van der Waals surface area (Å²) in [5.41, 5.74) is 2.29. The minimum atomic E-state index is -0.378. The van der Waals surface area contributed by atoms with Crippen LogP contribution in [0.3, 0.4) is 0 Å². The molecule has 126 valence electrons. The zero-order valence-corrected chi connectivity index (χ0v) is 14.8. The van der Waals surface area contributed by atoms with Crippen LogP contribution < -0.4 is 4.74 Å². The highest BCUT2D eigenvalue weighted by molar-refractivity contribution is 5.95. The highest BCUT2D eigenvalue weighted by Crippen LogP contribution is 2.24. The second-order valence-corrected chi connectivity index (χ2v) is 7.10. The zero-order chi connectivity index (χ0) is 17.9. The smallest absolute Gasteiger partial charge is 0.336 e. The highest BCUT2D eigenvalue weighted by Gasteiger charge is 2.13.